The molecule has 2 aliphatic carbocycles. The molecule has 6 rings (SSSR count). The first kappa shape index (κ1) is 26.7. The van der Waals surface area contributed by atoms with E-state index in [0.29, 0.717) is 30.8 Å². The summed E-state index contributed by atoms with van der Waals surface area (Å²) in [6.45, 7) is 3.17. The summed E-state index contributed by atoms with van der Waals surface area (Å²) >= 11 is 0. The van der Waals surface area contributed by atoms with Gasteiger partial charge in [-0.05, 0) is 78.8 Å². The zero-order chi connectivity index (χ0) is 28.3. The van der Waals surface area contributed by atoms with E-state index >= 15 is 0 Å². The number of fused-ring (bicyclic) bond motifs is 3. The first-order valence-corrected chi connectivity index (χ1v) is 15.4. The molecule has 3 N–H and O–H groups in total. The summed E-state index contributed by atoms with van der Waals surface area (Å²) in [6, 6.07) is 14.5. The largest absolute Gasteiger partial charge is 0.489 e. The van der Waals surface area contributed by atoms with Crippen LogP contribution in [0.1, 0.15) is 34.7 Å². The summed E-state index contributed by atoms with van der Waals surface area (Å²) in [7, 11) is -3.31. The molecule has 2 aromatic carbocycles. The fourth-order valence-corrected chi connectivity index (χ4v) is 7.39. The molecule has 1 aromatic heterocycles. The minimum Gasteiger partial charge on any atom is -0.489 e. The summed E-state index contributed by atoms with van der Waals surface area (Å²) in [6.07, 6.45) is 2.60. The first-order valence-electron chi connectivity index (χ1n) is 13.5. The van der Waals surface area contributed by atoms with Crippen molar-refractivity contribution in [2.75, 3.05) is 24.2 Å². The van der Waals surface area contributed by atoms with Gasteiger partial charge in [-0.1, -0.05) is 12.1 Å². The Bertz CT molecular complexity index is 1610. The maximum Gasteiger partial charge on any atom is 0.307 e. The lowest BCUT2D eigenvalue weighted by Gasteiger charge is -2.21. The lowest BCUT2D eigenvalue weighted by molar-refractivity contribution is -0.139. The second kappa shape index (κ2) is 9.85. The molecule has 5 atom stereocenters. The number of benzene rings is 2. The number of nitrogens with two attached hydrogens (primary N) is 1. The van der Waals surface area contributed by atoms with Gasteiger partial charge in [0.1, 0.15) is 29.4 Å². The number of sulfone groups is 1. The quantitative estimate of drug-likeness (QED) is 0.422. The Morgan fingerprint density at radius 1 is 1.23 bits per heavy atom. The Labute approximate surface area is 232 Å². The number of halogens is 1. The number of carboxylic acids is 1. The van der Waals surface area contributed by atoms with Crippen molar-refractivity contribution in [1.82, 2.24) is 4.98 Å². The van der Waals surface area contributed by atoms with Crippen LogP contribution in [0.15, 0.2) is 48.5 Å². The third kappa shape index (κ3) is 4.83. The van der Waals surface area contributed by atoms with Crippen LogP contribution in [0.3, 0.4) is 0 Å². The number of carbonyl (C=O) groups is 1. The highest BCUT2D eigenvalue weighted by Gasteiger charge is 2.59. The van der Waals surface area contributed by atoms with E-state index in [9.17, 15) is 22.7 Å². The number of pyridine rings is 1. The lowest BCUT2D eigenvalue weighted by atomic mass is 10.0. The zero-order valence-electron chi connectivity index (χ0n) is 22.4. The van der Waals surface area contributed by atoms with Gasteiger partial charge < -0.3 is 20.5 Å². The van der Waals surface area contributed by atoms with Crippen molar-refractivity contribution in [3.05, 3.63) is 76.7 Å². The molecule has 0 radical (unpaired) electrons. The summed E-state index contributed by atoms with van der Waals surface area (Å²) in [5.41, 5.74) is 11.1. The maximum atomic E-state index is 14.7. The number of aromatic nitrogens is 1. The molecule has 40 heavy (non-hydrogen) atoms. The van der Waals surface area contributed by atoms with E-state index < -0.39 is 21.2 Å². The molecule has 210 valence electrons. The van der Waals surface area contributed by atoms with Crippen LogP contribution >= 0.6 is 0 Å². The van der Waals surface area contributed by atoms with Crippen molar-refractivity contribution in [2.45, 2.75) is 37.7 Å². The number of aryl methyl sites for hydroxylation is 1. The molecule has 8 nitrogen and oxygen atoms in total. The Hall–Kier alpha value is -3.50. The van der Waals surface area contributed by atoms with Crippen molar-refractivity contribution in [3.8, 4) is 16.9 Å². The third-order valence-electron chi connectivity index (χ3n) is 8.71. The van der Waals surface area contributed by atoms with Gasteiger partial charge in [-0.3, -0.25) is 4.79 Å². The van der Waals surface area contributed by atoms with E-state index in [1.807, 2.05) is 37.3 Å². The highest BCUT2D eigenvalue weighted by atomic mass is 32.2. The van der Waals surface area contributed by atoms with Crippen LogP contribution in [0.25, 0.3) is 11.1 Å². The molecule has 5 unspecified atom stereocenters. The van der Waals surface area contributed by atoms with Gasteiger partial charge in [0, 0.05) is 48.0 Å². The molecule has 3 aliphatic rings. The molecule has 2 fully saturated rings. The van der Waals surface area contributed by atoms with E-state index in [2.05, 4.69) is 4.90 Å². The van der Waals surface area contributed by atoms with Crippen molar-refractivity contribution in [2.24, 2.45) is 23.5 Å². The van der Waals surface area contributed by atoms with Crippen molar-refractivity contribution < 1.29 is 27.4 Å². The average Bonchev–Trinajstić information content (AvgIpc) is 3.23. The van der Waals surface area contributed by atoms with Crippen molar-refractivity contribution in [1.29, 1.82) is 0 Å². The lowest BCUT2D eigenvalue weighted by Crippen LogP contribution is -2.39. The standard InChI is InChI=1S/C30H32FN3O5S/c1-16-22(6-8-26(33-16)34-10-9-18(14-34)29(32)40(2,37)38)17-3-7-25(31)20(11-17)15-39-21-4-5-23-19(12-21)13-24-27(23)28(24)30(35)36/h3-8,11-12,18,24,27-29H,9-10,13-15,32H2,1-2H3,(H,35,36). The van der Waals surface area contributed by atoms with E-state index in [0.717, 1.165) is 40.2 Å². The average molecular weight is 566 g/mol. The maximum absolute atomic E-state index is 14.7. The second-order valence-corrected chi connectivity index (χ2v) is 13.5. The Morgan fingerprint density at radius 3 is 2.75 bits per heavy atom. The highest BCUT2D eigenvalue weighted by molar-refractivity contribution is 7.91. The molecule has 3 aromatic rings. The molecule has 0 spiro atoms. The number of hydrogen-bond donors (Lipinski definition) is 2. The van der Waals surface area contributed by atoms with E-state index in [1.54, 1.807) is 12.1 Å². The van der Waals surface area contributed by atoms with Crippen LogP contribution in [0.4, 0.5) is 10.2 Å². The third-order valence-corrected chi connectivity index (χ3v) is 10.1. The summed E-state index contributed by atoms with van der Waals surface area (Å²) < 4.78 is 44.4. The SMILES string of the molecule is Cc1nc(N2CCC(C(N)S(C)(=O)=O)C2)ccc1-c1ccc(F)c(COc2ccc3c(c2)CC2C(C(=O)O)C32)c1. The van der Waals surface area contributed by atoms with Gasteiger partial charge in [-0.25, -0.2) is 17.8 Å². The topological polar surface area (TPSA) is 123 Å². The Balaban J connectivity index is 1.14. The minimum atomic E-state index is -3.31. The fraction of sp³-hybridized carbons (Fsp3) is 0.400. The molecular weight excluding hydrogens is 533 g/mol. The zero-order valence-corrected chi connectivity index (χ0v) is 23.2. The predicted octanol–water partition coefficient (Wildman–Crippen LogP) is 3.90. The van der Waals surface area contributed by atoms with Crippen molar-refractivity contribution >= 4 is 21.6 Å². The number of aliphatic carboxylic acids is 1. The number of ether oxygens (including phenoxy) is 1. The summed E-state index contributed by atoms with van der Waals surface area (Å²) in [5, 5.41) is 8.44. The molecule has 2 heterocycles. The van der Waals surface area contributed by atoms with Crippen LogP contribution in [0.5, 0.6) is 5.75 Å². The van der Waals surface area contributed by atoms with Gasteiger partial charge in [0.2, 0.25) is 0 Å². The normalized spacial score (nSPS) is 23.9. The molecule has 1 aliphatic heterocycles. The van der Waals surface area contributed by atoms with Gasteiger partial charge in [0.25, 0.3) is 0 Å². The number of carboxylic acid groups (broad SMARTS) is 1. The molecule has 0 amide bonds. The van der Waals surface area contributed by atoms with Crippen molar-refractivity contribution in [3.63, 3.8) is 0 Å². The van der Waals surface area contributed by atoms with Gasteiger partial charge in [0.15, 0.2) is 9.84 Å². The molecular formula is C30H32FN3O5S. The monoisotopic (exact) mass is 565 g/mol. The summed E-state index contributed by atoms with van der Waals surface area (Å²) in [5.74, 6) is 0.187. The number of hydrogen-bond acceptors (Lipinski definition) is 7. The second-order valence-electron chi connectivity index (χ2n) is 11.3. The van der Waals surface area contributed by atoms with Gasteiger partial charge >= 0.3 is 5.97 Å². The number of rotatable bonds is 8. The number of nitrogens with zero attached hydrogens (tertiary/aromatic N) is 2. The Morgan fingerprint density at radius 2 is 2.02 bits per heavy atom. The van der Waals surface area contributed by atoms with Crippen LogP contribution < -0.4 is 15.4 Å². The van der Waals surface area contributed by atoms with Crippen LogP contribution in [0.2, 0.25) is 0 Å². The minimum absolute atomic E-state index is 0.0589. The predicted molar refractivity (Wildman–Crippen MR) is 149 cm³/mol. The van der Waals surface area contributed by atoms with Crippen LogP contribution in [-0.2, 0) is 27.7 Å². The van der Waals surface area contributed by atoms with Crippen LogP contribution in [-0.4, -0.2) is 49.2 Å². The molecule has 0 bridgehead atoms. The number of anilines is 1. The smallest absolute Gasteiger partial charge is 0.307 e. The fourth-order valence-electron chi connectivity index (χ4n) is 6.47. The van der Waals surface area contributed by atoms with Gasteiger partial charge in [0.05, 0.1) is 5.92 Å². The highest BCUT2D eigenvalue weighted by Crippen LogP contribution is 2.61. The Kier molecular flexibility index (Phi) is 6.58. The van der Waals surface area contributed by atoms with E-state index in [4.69, 9.17) is 15.5 Å². The first-order chi connectivity index (χ1) is 19.0. The van der Waals surface area contributed by atoms with Crippen LogP contribution in [0, 0.1) is 30.5 Å². The van der Waals surface area contributed by atoms with E-state index in [-0.39, 0.29) is 36.1 Å². The van der Waals surface area contributed by atoms with E-state index in [1.165, 1.54) is 12.3 Å². The molecule has 1 saturated heterocycles. The summed E-state index contributed by atoms with van der Waals surface area (Å²) in [4.78, 5) is 18.2. The van der Waals surface area contributed by atoms with Gasteiger partial charge in [-0.2, -0.15) is 0 Å². The van der Waals surface area contributed by atoms with Gasteiger partial charge in [-0.15, -0.1) is 0 Å². The molecule has 1 saturated carbocycles. The molecule has 10 heteroatoms.